The minimum absolute atomic E-state index is 0.0167. The number of methoxy groups -OCH3 is 1. The molecule has 0 saturated carbocycles. The van der Waals surface area contributed by atoms with Gasteiger partial charge in [-0.3, -0.25) is 9.36 Å². The Balaban J connectivity index is 1.58. The van der Waals surface area contributed by atoms with E-state index in [1.165, 1.54) is 35.8 Å². The second kappa shape index (κ2) is 9.96. The second-order valence-corrected chi connectivity index (χ2v) is 10.1. The number of nitrogens with zero attached hydrogens (tertiary/aromatic N) is 2. The second-order valence-electron chi connectivity index (χ2n) is 8.09. The summed E-state index contributed by atoms with van der Waals surface area (Å²) in [7, 11) is 1.47. The van der Waals surface area contributed by atoms with Crippen LogP contribution in [0.3, 0.4) is 0 Å². The summed E-state index contributed by atoms with van der Waals surface area (Å²) >= 11 is 2.71. The van der Waals surface area contributed by atoms with E-state index in [4.69, 9.17) is 9.47 Å². The van der Waals surface area contributed by atoms with Crippen LogP contribution in [0.25, 0.3) is 6.08 Å². The number of rotatable bonds is 6. The molecule has 0 amide bonds. The molecule has 0 saturated heterocycles. The Labute approximate surface area is 214 Å². The average molecular weight is 519 g/mol. The summed E-state index contributed by atoms with van der Waals surface area (Å²) < 4.78 is 12.9. The molecular weight excluding hydrogens is 496 g/mol. The third-order valence-electron chi connectivity index (χ3n) is 5.77. The quantitative estimate of drug-likeness (QED) is 0.393. The Morgan fingerprint density at radius 1 is 1.17 bits per heavy atom. The molecule has 1 N–H and O–H groups in total. The van der Waals surface area contributed by atoms with Crippen molar-refractivity contribution in [3.63, 3.8) is 0 Å². The van der Waals surface area contributed by atoms with Gasteiger partial charge in [-0.05, 0) is 47.7 Å². The number of hydrogen-bond donors (Lipinski definition) is 1. The van der Waals surface area contributed by atoms with Crippen molar-refractivity contribution in [2.75, 3.05) is 7.11 Å². The fourth-order valence-electron chi connectivity index (χ4n) is 4.03. The summed E-state index contributed by atoms with van der Waals surface area (Å²) in [6.07, 6.45) is 1.73. The molecule has 2 aromatic heterocycles. The highest BCUT2D eigenvalue weighted by Crippen LogP contribution is 2.33. The summed E-state index contributed by atoms with van der Waals surface area (Å²) in [6, 6.07) is 17.5. The van der Waals surface area contributed by atoms with Crippen molar-refractivity contribution in [3.05, 3.63) is 113 Å². The number of carbonyl (C=O) groups is 1. The summed E-state index contributed by atoms with van der Waals surface area (Å²) in [6.45, 7) is 1.89. The van der Waals surface area contributed by atoms with Crippen LogP contribution in [-0.2, 0) is 16.1 Å². The minimum Gasteiger partial charge on any atom is -0.504 e. The molecule has 4 aromatic rings. The van der Waals surface area contributed by atoms with E-state index in [1.807, 2.05) is 47.8 Å². The van der Waals surface area contributed by atoms with Crippen LogP contribution in [0.5, 0.6) is 11.5 Å². The lowest BCUT2D eigenvalue weighted by Crippen LogP contribution is -2.39. The number of fused-ring (bicyclic) bond motifs is 1. The van der Waals surface area contributed by atoms with E-state index in [1.54, 1.807) is 29.7 Å². The number of thiazole rings is 1. The summed E-state index contributed by atoms with van der Waals surface area (Å²) in [4.78, 5) is 32.9. The first-order chi connectivity index (χ1) is 17.5. The largest absolute Gasteiger partial charge is 0.504 e. The van der Waals surface area contributed by atoms with Crippen LogP contribution < -0.4 is 19.6 Å². The fourth-order valence-corrected chi connectivity index (χ4v) is 5.91. The number of ether oxygens (including phenoxy) is 2. The van der Waals surface area contributed by atoms with Crippen LogP contribution >= 0.6 is 22.7 Å². The zero-order chi connectivity index (χ0) is 25.2. The lowest BCUT2D eigenvalue weighted by molar-refractivity contribution is -0.140. The maximum Gasteiger partial charge on any atom is 0.338 e. The van der Waals surface area contributed by atoms with Crippen molar-refractivity contribution >= 4 is 34.7 Å². The Morgan fingerprint density at radius 3 is 2.69 bits per heavy atom. The third kappa shape index (κ3) is 4.50. The predicted octanol–water partition coefficient (Wildman–Crippen LogP) is 3.75. The van der Waals surface area contributed by atoms with Gasteiger partial charge >= 0.3 is 5.97 Å². The lowest BCUT2D eigenvalue weighted by Gasteiger charge is -2.23. The third-order valence-corrected chi connectivity index (χ3v) is 7.68. The van der Waals surface area contributed by atoms with Crippen molar-refractivity contribution in [1.82, 2.24) is 4.57 Å². The van der Waals surface area contributed by atoms with Crippen LogP contribution in [0.15, 0.2) is 87.1 Å². The highest BCUT2D eigenvalue weighted by atomic mass is 32.1. The number of phenols is 1. The maximum atomic E-state index is 13.6. The first kappa shape index (κ1) is 23.8. The van der Waals surface area contributed by atoms with Gasteiger partial charge in [-0.2, -0.15) is 0 Å². The van der Waals surface area contributed by atoms with E-state index >= 15 is 0 Å². The van der Waals surface area contributed by atoms with Crippen molar-refractivity contribution in [3.8, 4) is 11.5 Å². The Hall–Kier alpha value is -3.95. The van der Waals surface area contributed by atoms with Crippen LogP contribution in [-0.4, -0.2) is 22.8 Å². The predicted molar refractivity (Wildman–Crippen MR) is 139 cm³/mol. The molecule has 3 heterocycles. The van der Waals surface area contributed by atoms with Crippen LogP contribution in [0.4, 0.5) is 0 Å². The standard InChI is InChI=1S/C27H22N2O5S2/c1-16-23(26(32)34-15-17-7-4-3-5-8-17)24(21-9-6-12-35-21)29-25(31)22(36-27(29)28-16)14-18-10-11-19(30)20(13-18)33-2/h3-14,24,30H,15H2,1-2H3. The van der Waals surface area contributed by atoms with Gasteiger partial charge in [-0.1, -0.05) is 53.8 Å². The Kier molecular flexibility index (Phi) is 6.58. The van der Waals surface area contributed by atoms with E-state index in [9.17, 15) is 14.7 Å². The molecule has 1 unspecified atom stereocenters. The number of benzene rings is 2. The van der Waals surface area contributed by atoms with Gasteiger partial charge in [0.2, 0.25) is 0 Å². The highest BCUT2D eigenvalue weighted by molar-refractivity contribution is 7.10. The maximum absolute atomic E-state index is 13.6. The molecule has 1 aliphatic rings. The number of carbonyl (C=O) groups excluding carboxylic acids is 1. The molecule has 0 bridgehead atoms. The number of thiophene rings is 1. The molecule has 36 heavy (non-hydrogen) atoms. The van der Waals surface area contributed by atoms with E-state index < -0.39 is 12.0 Å². The van der Waals surface area contributed by atoms with Gasteiger partial charge in [0, 0.05) is 4.88 Å². The molecular formula is C27H22N2O5S2. The Bertz CT molecular complexity index is 1630. The van der Waals surface area contributed by atoms with Gasteiger partial charge < -0.3 is 14.6 Å². The molecule has 7 nitrogen and oxygen atoms in total. The molecule has 0 radical (unpaired) electrons. The molecule has 9 heteroatoms. The fraction of sp³-hybridized carbons (Fsp3) is 0.148. The summed E-state index contributed by atoms with van der Waals surface area (Å²) in [5.41, 5.74) is 2.18. The zero-order valence-electron chi connectivity index (χ0n) is 19.5. The van der Waals surface area contributed by atoms with Gasteiger partial charge in [0.1, 0.15) is 12.6 Å². The molecule has 0 fully saturated rings. The average Bonchev–Trinajstić information content (AvgIpc) is 3.52. The van der Waals surface area contributed by atoms with Crippen molar-refractivity contribution in [2.45, 2.75) is 19.6 Å². The van der Waals surface area contributed by atoms with Crippen LogP contribution in [0, 0.1) is 0 Å². The van der Waals surface area contributed by atoms with Crippen molar-refractivity contribution in [1.29, 1.82) is 0 Å². The number of allylic oxidation sites excluding steroid dienone is 1. The summed E-state index contributed by atoms with van der Waals surface area (Å²) in [5, 5.41) is 11.8. The smallest absolute Gasteiger partial charge is 0.338 e. The number of hydrogen-bond acceptors (Lipinski definition) is 8. The molecule has 2 aromatic carbocycles. The number of esters is 1. The highest BCUT2D eigenvalue weighted by Gasteiger charge is 2.34. The van der Waals surface area contributed by atoms with Gasteiger partial charge in [0.05, 0.1) is 22.9 Å². The molecule has 0 aliphatic carbocycles. The molecule has 1 aliphatic heterocycles. The van der Waals surface area contributed by atoms with Gasteiger partial charge in [0.15, 0.2) is 16.3 Å². The van der Waals surface area contributed by atoms with Crippen LogP contribution in [0.1, 0.15) is 29.0 Å². The SMILES string of the molecule is COc1cc(C=c2sc3n(c2=O)C(c2cccs2)C(C(=O)OCc2ccccc2)=C(C)N=3)ccc1O. The van der Waals surface area contributed by atoms with E-state index in [0.717, 1.165) is 10.4 Å². The summed E-state index contributed by atoms with van der Waals surface area (Å²) in [5.74, 6) is -0.175. The van der Waals surface area contributed by atoms with E-state index in [2.05, 4.69) is 4.99 Å². The van der Waals surface area contributed by atoms with E-state index in [0.29, 0.717) is 31.9 Å². The first-order valence-electron chi connectivity index (χ1n) is 11.1. The van der Waals surface area contributed by atoms with Crippen LogP contribution in [0.2, 0.25) is 0 Å². The molecule has 1 atom stereocenters. The van der Waals surface area contributed by atoms with Crippen molar-refractivity contribution in [2.24, 2.45) is 4.99 Å². The van der Waals surface area contributed by atoms with E-state index in [-0.39, 0.29) is 17.9 Å². The topological polar surface area (TPSA) is 90.1 Å². The minimum atomic E-state index is -0.638. The van der Waals surface area contributed by atoms with Crippen molar-refractivity contribution < 1.29 is 19.4 Å². The number of phenolic OH excluding ortho intramolecular Hbond substituents is 1. The first-order valence-corrected chi connectivity index (χ1v) is 12.8. The monoisotopic (exact) mass is 518 g/mol. The number of aromatic nitrogens is 1. The zero-order valence-corrected chi connectivity index (χ0v) is 21.1. The molecule has 5 rings (SSSR count). The molecule has 0 spiro atoms. The van der Waals surface area contributed by atoms with Gasteiger partial charge in [0.25, 0.3) is 5.56 Å². The van der Waals surface area contributed by atoms with Gasteiger partial charge in [-0.25, -0.2) is 9.79 Å². The number of aromatic hydroxyl groups is 1. The normalized spacial score (nSPS) is 15.4. The lowest BCUT2D eigenvalue weighted by atomic mass is 10.0. The Morgan fingerprint density at radius 2 is 1.97 bits per heavy atom. The van der Waals surface area contributed by atoms with Gasteiger partial charge in [-0.15, -0.1) is 11.3 Å². The molecule has 182 valence electrons.